The number of nitrogens with two attached hydrogens (primary N) is 1. The van der Waals surface area contributed by atoms with Crippen LogP contribution in [0, 0.1) is 6.92 Å². The summed E-state index contributed by atoms with van der Waals surface area (Å²) in [6, 6.07) is 7.68. The number of aliphatic hydroxyl groups is 1. The van der Waals surface area contributed by atoms with Crippen molar-refractivity contribution in [2.45, 2.75) is 6.92 Å². The van der Waals surface area contributed by atoms with Crippen LogP contribution in [0.25, 0.3) is 0 Å². The quantitative estimate of drug-likeness (QED) is 0.498. The first-order chi connectivity index (χ1) is 5.74. The molecule has 0 atom stereocenters. The molecule has 64 valence electrons. The van der Waals surface area contributed by atoms with Crippen LogP contribution in [-0.2, 0) is 0 Å². The Labute approximate surface area is 71.6 Å². The maximum absolute atomic E-state index is 8.50. The average Bonchev–Trinajstić information content (AvgIpc) is 2.05. The zero-order valence-corrected chi connectivity index (χ0v) is 6.99. The van der Waals surface area contributed by atoms with Gasteiger partial charge in [-0.05, 0) is 13.0 Å². The van der Waals surface area contributed by atoms with E-state index in [1.807, 2.05) is 31.2 Å². The van der Waals surface area contributed by atoms with Gasteiger partial charge < -0.3 is 10.8 Å². The molecule has 0 aromatic heterocycles. The highest BCUT2D eigenvalue weighted by Crippen LogP contribution is 2.02. The fourth-order valence-corrected chi connectivity index (χ4v) is 0.972. The molecule has 0 radical (unpaired) electrons. The molecule has 0 aliphatic carbocycles. The van der Waals surface area contributed by atoms with Crippen LogP contribution in [0.4, 0.5) is 0 Å². The predicted molar refractivity (Wildman–Crippen MR) is 49.0 cm³/mol. The molecule has 3 nitrogen and oxygen atoms in total. The monoisotopic (exact) mass is 164 g/mol. The number of hydrogen-bond acceptors (Lipinski definition) is 2. The first-order valence-electron chi connectivity index (χ1n) is 3.72. The minimum Gasteiger partial charge on any atom is -0.383 e. The van der Waals surface area contributed by atoms with Gasteiger partial charge in [0.05, 0.1) is 0 Å². The van der Waals surface area contributed by atoms with Crippen molar-refractivity contribution < 1.29 is 5.11 Å². The van der Waals surface area contributed by atoms with Crippen molar-refractivity contribution in [3.8, 4) is 0 Å². The third kappa shape index (κ3) is 2.07. The van der Waals surface area contributed by atoms with E-state index in [4.69, 9.17) is 10.8 Å². The minimum absolute atomic E-state index is 0.264. The fraction of sp³-hybridized carbons (Fsp3) is 0.222. The molecule has 0 aliphatic heterocycles. The van der Waals surface area contributed by atoms with Gasteiger partial charge in [-0.1, -0.05) is 23.8 Å². The van der Waals surface area contributed by atoms with Gasteiger partial charge in [-0.15, -0.1) is 0 Å². The Bertz CT molecular complexity index is 294. The van der Waals surface area contributed by atoms with E-state index in [2.05, 4.69) is 4.99 Å². The van der Waals surface area contributed by atoms with E-state index in [-0.39, 0.29) is 6.73 Å². The number of benzene rings is 1. The standard InChI is InChI=1S/C9H12N2O/c1-7-3-2-4-8(5-7)9(10)11-6-12/h2-5,12H,6H2,1H3,(H2,10,11). The van der Waals surface area contributed by atoms with E-state index >= 15 is 0 Å². The lowest BCUT2D eigenvalue weighted by atomic mass is 10.1. The molecule has 0 amide bonds. The molecule has 0 aliphatic rings. The highest BCUT2D eigenvalue weighted by molar-refractivity contribution is 5.97. The Hall–Kier alpha value is -1.35. The Morgan fingerprint density at radius 2 is 2.33 bits per heavy atom. The molecule has 12 heavy (non-hydrogen) atoms. The van der Waals surface area contributed by atoms with Crippen molar-refractivity contribution >= 4 is 5.84 Å². The van der Waals surface area contributed by atoms with Crippen LogP contribution < -0.4 is 5.73 Å². The summed E-state index contributed by atoms with van der Waals surface area (Å²) < 4.78 is 0. The summed E-state index contributed by atoms with van der Waals surface area (Å²) >= 11 is 0. The molecule has 0 saturated heterocycles. The fourth-order valence-electron chi connectivity index (χ4n) is 0.972. The van der Waals surface area contributed by atoms with Gasteiger partial charge >= 0.3 is 0 Å². The summed E-state index contributed by atoms with van der Waals surface area (Å²) in [5.74, 6) is 0.376. The number of aryl methyl sites for hydroxylation is 1. The summed E-state index contributed by atoms with van der Waals surface area (Å²) in [5, 5.41) is 8.50. The third-order valence-electron chi connectivity index (χ3n) is 1.55. The first-order valence-corrected chi connectivity index (χ1v) is 3.72. The van der Waals surface area contributed by atoms with Gasteiger partial charge in [-0.2, -0.15) is 0 Å². The number of nitrogens with zero attached hydrogens (tertiary/aromatic N) is 1. The Morgan fingerprint density at radius 3 is 2.92 bits per heavy atom. The number of rotatable bonds is 2. The smallest absolute Gasteiger partial charge is 0.136 e. The van der Waals surface area contributed by atoms with E-state index in [1.54, 1.807) is 0 Å². The minimum atomic E-state index is -0.264. The molecule has 0 bridgehead atoms. The Morgan fingerprint density at radius 1 is 1.58 bits per heavy atom. The molecular formula is C9H12N2O. The van der Waals surface area contributed by atoms with Gasteiger partial charge in [0.25, 0.3) is 0 Å². The van der Waals surface area contributed by atoms with Crippen LogP contribution in [0.5, 0.6) is 0 Å². The molecule has 0 spiro atoms. The highest BCUT2D eigenvalue weighted by atomic mass is 16.3. The maximum atomic E-state index is 8.50. The van der Waals surface area contributed by atoms with Crippen molar-refractivity contribution in [3.05, 3.63) is 35.4 Å². The molecule has 3 heteroatoms. The topological polar surface area (TPSA) is 58.6 Å². The molecule has 3 N–H and O–H groups in total. The van der Waals surface area contributed by atoms with Crippen LogP contribution in [0.15, 0.2) is 29.3 Å². The molecule has 0 heterocycles. The number of hydrogen-bond donors (Lipinski definition) is 2. The Balaban J connectivity index is 2.95. The van der Waals surface area contributed by atoms with Crippen LogP contribution in [-0.4, -0.2) is 17.7 Å². The average molecular weight is 164 g/mol. The van der Waals surface area contributed by atoms with Gasteiger partial charge in [0.2, 0.25) is 0 Å². The summed E-state index contributed by atoms with van der Waals surface area (Å²) in [5.41, 5.74) is 7.54. The largest absolute Gasteiger partial charge is 0.383 e. The second kappa shape index (κ2) is 3.88. The SMILES string of the molecule is Cc1cccc(C(N)=NCO)c1. The molecule has 0 unspecified atom stereocenters. The van der Waals surface area contributed by atoms with Crippen LogP contribution >= 0.6 is 0 Å². The second-order valence-electron chi connectivity index (χ2n) is 2.55. The van der Waals surface area contributed by atoms with E-state index in [9.17, 15) is 0 Å². The normalized spacial score (nSPS) is 11.7. The molecule has 1 rings (SSSR count). The van der Waals surface area contributed by atoms with Crippen molar-refractivity contribution in [2.24, 2.45) is 10.7 Å². The van der Waals surface area contributed by atoms with Gasteiger partial charge in [0, 0.05) is 5.56 Å². The number of amidine groups is 1. The van der Waals surface area contributed by atoms with E-state index in [0.717, 1.165) is 11.1 Å². The highest BCUT2D eigenvalue weighted by Gasteiger charge is 1.96. The van der Waals surface area contributed by atoms with Crippen LogP contribution in [0.1, 0.15) is 11.1 Å². The van der Waals surface area contributed by atoms with Gasteiger partial charge in [0.1, 0.15) is 12.6 Å². The molecule has 0 saturated carbocycles. The lowest BCUT2D eigenvalue weighted by molar-refractivity contribution is 0.309. The lowest BCUT2D eigenvalue weighted by Crippen LogP contribution is -2.13. The zero-order valence-electron chi connectivity index (χ0n) is 6.99. The van der Waals surface area contributed by atoms with Crippen molar-refractivity contribution in [1.82, 2.24) is 0 Å². The number of aliphatic hydroxyl groups excluding tert-OH is 1. The summed E-state index contributed by atoms with van der Waals surface area (Å²) in [6.45, 7) is 1.72. The second-order valence-corrected chi connectivity index (χ2v) is 2.55. The molecule has 0 fully saturated rings. The summed E-state index contributed by atoms with van der Waals surface area (Å²) in [7, 11) is 0. The maximum Gasteiger partial charge on any atom is 0.136 e. The van der Waals surface area contributed by atoms with Crippen molar-refractivity contribution in [1.29, 1.82) is 0 Å². The molecular weight excluding hydrogens is 152 g/mol. The lowest BCUT2D eigenvalue weighted by Gasteiger charge is -2.00. The molecule has 1 aromatic rings. The van der Waals surface area contributed by atoms with Crippen molar-refractivity contribution in [2.75, 3.05) is 6.73 Å². The van der Waals surface area contributed by atoms with E-state index < -0.39 is 0 Å². The summed E-state index contributed by atoms with van der Waals surface area (Å²) in [6.07, 6.45) is 0. The van der Waals surface area contributed by atoms with Gasteiger partial charge in [-0.25, -0.2) is 4.99 Å². The van der Waals surface area contributed by atoms with Gasteiger partial charge in [-0.3, -0.25) is 0 Å². The number of aliphatic imine (C=N–C) groups is 1. The van der Waals surface area contributed by atoms with Crippen LogP contribution in [0.2, 0.25) is 0 Å². The molecule has 1 aromatic carbocycles. The zero-order chi connectivity index (χ0) is 8.97. The van der Waals surface area contributed by atoms with Crippen molar-refractivity contribution in [3.63, 3.8) is 0 Å². The third-order valence-corrected chi connectivity index (χ3v) is 1.55. The van der Waals surface area contributed by atoms with Gasteiger partial charge in [0.15, 0.2) is 0 Å². The van der Waals surface area contributed by atoms with E-state index in [1.165, 1.54) is 0 Å². The van der Waals surface area contributed by atoms with E-state index in [0.29, 0.717) is 5.84 Å². The van der Waals surface area contributed by atoms with Crippen LogP contribution in [0.3, 0.4) is 0 Å². The first kappa shape index (κ1) is 8.74. The Kier molecular flexibility index (Phi) is 2.82. The predicted octanol–water partition coefficient (Wildman–Crippen LogP) is 0.650. The summed E-state index contributed by atoms with van der Waals surface area (Å²) in [4.78, 5) is 3.69.